The number of aryl methyl sites for hydroxylation is 1. The lowest BCUT2D eigenvalue weighted by molar-refractivity contribution is 0.110. The predicted octanol–water partition coefficient (Wildman–Crippen LogP) is 4.16. The van der Waals surface area contributed by atoms with Crippen molar-refractivity contribution in [3.63, 3.8) is 0 Å². The van der Waals surface area contributed by atoms with Gasteiger partial charge in [-0.3, -0.25) is 0 Å². The van der Waals surface area contributed by atoms with Gasteiger partial charge in [0.15, 0.2) is 0 Å². The highest BCUT2D eigenvalue weighted by molar-refractivity contribution is 5.48. The van der Waals surface area contributed by atoms with Crippen LogP contribution in [0.25, 0.3) is 0 Å². The largest absolute Gasteiger partial charge is 0.492 e. The summed E-state index contributed by atoms with van der Waals surface area (Å²) in [5.74, 6) is 1.75. The van der Waals surface area contributed by atoms with Gasteiger partial charge < -0.3 is 19.5 Å². The van der Waals surface area contributed by atoms with E-state index in [9.17, 15) is 0 Å². The van der Waals surface area contributed by atoms with Gasteiger partial charge in [0.25, 0.3) is 0 Å². The minimum absolute atomic E-state index is 0.564. The Balaban J connectivity index is 1.69. The molecule has 0 radical (unpaired) electrons. The van der Waals surface area contributed by atoms with Crippen molar-refractivity contribution in [3.05, 3.63) is 54.1 Å². The van der Waals surface area contributed by atoms with Crippen LogP contribution in [0.1, 0.15) is 19.4 Å². The average Bonchev–Trinajstić information content (AvgIpc) is 2.63. The Labute approximate surface area is 144 Å². The second-order valence-corrected chi connectivity index (χ2v) is 5.35. The molecular weight excluding hydrogens is 302 g/mol. The highest BCUT2D eigenvalue weighted by Gasteiger charge is 1.98. The third kappa shape index (κ3) is 6.50. The molecule has 0 aromatic heterocycles. The van der Waals surface area contributed by atoms with Crippen LogP contribution < -0.4 is 14.8 Å². The van der Waals surface area contributed by atoms with Crippen LogP contribution in [-0.4, -0.2) is 33.0 Å². The second kappa shape index (κ2) is 10.6. The van der Waals surface area contributed by atoms with Gasteiger partial charge >= 0.3 is 0 Å². The standard InChI is InChI=1S/C20H27NO3/c1-3-17-8-10-19(11-9-17)23-13-12-21-18-6-5-7-20(16-18)24-15-14-22-4-2/h5-11,16,21H,3-4,12-15H2,1-2H3. The molecule has 0 amide bonds. The maximum absolute atomic E-state index is 5.74. The van der Waals surface area contributed by atoms with Crippen molar-refractivity contribution in [1.29, 1.82) is 0 Å². The zero-order chi connectivity index (χ0) is 17.0. The Morgan fingerprint density at radius 2 is 1.62 bits per heavy atom. The minimum Gasteiger partial charge on any atom is -0.492 e. The van der Waals surface area contributed by atoms with E-state index in [0.717, 1.165) is 30.2 Å². The quantitative estimate of drug-likeness (QED) is 0.629. The van der Waals surface area contributed by atoms with E-state index < -0.39 is 0 Å². The lowest BCUT2D eigenvalue weighted by Gasteiger charge is -2.11. The Morgan fingerprint density at radius 3 is 2.38 bits per heavy atom. The maximum Gasteiger partial charge on any atom is 0.121 e. The van der Waals surface area contributed by atoms with E-state index in [1.54, 1.807) is 0 Å². The molecule has 0 heterocycles. The van der Waals surface area contributed by atoms with Crippen LogP contribution in [0.4, 0.5) is 5.69 Å². The van der Waals surface area contributed by atoms with E-state index in [-0.39, 0.29) is 0 Å². The van der Waals surface area contributed by atoms with E-state index in [4.69, 9.17) is 14.2 Å². The molecule has 0 spiro atoms. The fourth-order valence-electron chi connectivity index (χ4n) is 2.24. The summed E-state index contributed by atoms with van der Waals surface area (Å²) in [4.78, 5) is 0. The van der Waals surface area contributed by atoms with E-state index >= 15 is 0 Å². The summed E-state index contributed by atoms with van der Waals surface area (Å²) < 4.78 is 16.7. The summed E-state index contributed by atoms with van der Waals surface area (Å²) in [7, 11) is 0. The van der Waals surface area contributed by atoms with Gasteiger partial charge in [-0.05, 0) is 43.2 Å². The van der Waals surface area contributed by atoms with Crippen LogP contribution in [0.3, 0.4) is 0 Å². The first-order valence-electron chi connectivity index (χ1n) is 8.58. The van der Waals surface area contributed by atoms with Crippen molar-refractivity contribution < 1.29 is 14.2 Å². The van der Waals surface area contributed by atoms with Crippen LogP contribution in [0.5, 0.6) is 11.5 Å². The molecule has 0 aliphatic rings. The number of hydrogen-bond donors (Lipinski definition) is 1. The third-order valence-corrected chi connectivity index (χ3v) is 3.57. The Hall–Kier alpha value is -2.20. The van der Waals surface area contributed by atoms with Crippen LogP contribution in [0.15, 0.2) is 48.5 Å². The van der Waals surface area contributed by atoms with E-state index in [0.29, 0.717) is 26.4 Å². The van der Waals surface area contributed by atoms with Gasteiger partial charge in [-0.2, -0.15) is 0 Å². The van der Waals surface area contributed by atoms with E-state index in [1.165, 1.54) is 5.56 Å². The third-order valence-electron chi connectivity index (χ3n) is 3.57. The molecule has 24 heavy (non-hydrogen) atoms. The van der Waals surface area contributed by atoms with Crippen molar-refractivity contribution >= 4 is 5.69 Å². The molecule has 0 unspecified atom stereocenters. The first kappa shape index (κ1) is 18.1. The summed E-state index contributed by atoms with van der Waals surface area (Å²) in [5, 5.41) is 3.34. The molecule has 2 rings (SSSR count). The first-order valence-corrected chi connectivity index (χ1v) is 8.58. The fourth-order valence-corrected chi connectivity index (χ4v) is 2.24. The average molecular weight is 329 g/mol. The summed E-state index contributed by atoms with van der Waals surface area (Å²) in [6.07, 6.45) is 1.05. The molecule has 1 N–H and O–H groups in total. The van der Waals surface area contributed by atoms with Crippen LogP contribution in [-0.2, 0) is 11.2 Å². The fraction of sp³-hybridized carbons (Fsp3) is 0.400. The highest BCUT2D eigenvalue weighted by atomic mass is 16.5. The van der Waals surface area contributed by atoms with Crippen LogP contribution in [0.2, 0.25) is 0 Å². The molecule has 2 aromatic carbocycles. The zero-order valence-corrected chi connectivity index (χ0v) is 14.6. The number of benzene rings is 2. The molecule has 0 saturated carbocycles. The van der Waals surface area contributed by atoms with Crippen molar-refractivity contribution in [3.8, 4) is 11.5 Å². The summed E-state index contributed by atoms with van der Waals surface area (Å²) in [6.45, 7) is 7.36. The SMILES string of the molecule is CCOCCOc1cccc(NCCOc2ccc(CC)cc2)c1. The minimum atomic E-state index is 0.564. The lowest BCUT2D eigenvalue weighted by atomic mass is 10.2. The normalized spacial score (nSPS) is 10.4. The van der Waals surface area contributed by atoms with Crippen LogP contribution >= 0.6 is 0 Å². The van der Waals surface area contributed by atoms with E-state index in [2.05, 4.69) is 24.4 Å². The molecule has 0 aliphatic carbocycles. The number of ether oxygens (including phenoxy) is 3. The van der Waals surface area contributed by atoms with Crippen molar-refractivity contribution in [1.82, 2.24) is 0 Å². The van der Waals surface area contributed by atoms with Crippen molar-refractivity contribution in [2.45, 2.75) is 20.3 Å². The Kier molecular flexibility index (Phi) is 7.98. The molecule has 0 saturated heterocycles. The predicted molar refractivity (Wildman–Crippen MR) is 98.2 cm³/mol. The number of hydrogen-bond acceptors (Lipinski definition) is 4. The zero-order valence-electron chi connectivity index (χ0n) is 14.6. The van der Waals surface area contributed by atoms with Gasteiger partial charge in [0.05, 0.1) is 6.61 Å². The summed E-state index contributed by atoms with van der Waals surface area (Å²) >= 11 is 0. The molecule has 0 fully saturated rings. The molecule has 0 aliphatic heterocycles. The lowest BCUT2D eigenvalue weighted by Crippen LogP contribution is -2.11. The van der Waals surface area contributed by atoms with Gasteiger partial charge in [-0.25, -0.2) is 0 Å². The number of nitrogens with one attached hydrogen (secondary N) is 1. The molecule has 0 atom stereocenters. The maximum atomic E-state index is 5.74. The number of rotatable bonds is 11. The first-order chi connectivity index (χ1) is 11.8. The van der Waals surface area contributed by atoms with Gasteiger partial charge in [-0.1, -0.05) is 25.1 Å². The monoisotopic (exact) mass is 329 g/mol. The molecule has 0 bridgehead atoms. The van der Waals surface area contributed by atoms with Gasteiger partial charge in [0, 0.05) is 24.9 Å². The second-order valence-electron chi connectivity index (χ2n) is 5.35. The van der Waals surface area contributed by atoms with Crippen molar-refractivity contribution in [2.24, 2.45) is 0 Å². The Bertz CT molecular complexity index is 584. The number of anilines is 1. The smallest absolute Gasteiger partial charge is 0.121 e. The van der Waals surface area contributed by atoms with Crippen molar-refractivity contribution in [2.75, 3.05) is 38.3 Å². The topological polar surface area (TPSA) is 39.7 Å². The van der Waals surface area contributed by atoms with Crippen LogP contribution in [0, 0.1) is 0 Å². The summed E-state index contributed by atoms with van der Waals surface area (Å²) in [5.41, 5.74) is 2.34. The molecule has 2 aromatic rings. The van der Waals surface area contributed by atoms with E-state index in [1.807, 2.05) is 43.3 Å². The molecule has 4 heteroatoms. The highest BCUT2D eigenvalue weighted by Crippen LogP contribution is 2.17. The molecular formula is C20H27NO3. The van der Waals surface area contributed by atoms with Gasteiger partial charge in [0.2, 0.25) is 0 Å². The molecule has 4 nitrogen and oxygen atoms in total. The Morgan fingerprint density at radius 1 is 0.833 bits per heavy atom. The summed E-state index contributed by atoms with van der Waals surface area (Å²) in [6, 6.07) is 16.2. The molecule has 130 valence electrons. The van der Waals surface area contributed by atoms with Gasteiger partial charge in [0.1, 0.15) is 24.7 Å². The van der Waals surface area contributed by atoms with Gasteiger partial charge in [-0.15, -0.1) is 0 Å².